The lowest BCUT2D eigenvalue weighted by atomic mass is 9.89. The number of nitrogens with zero attached hydrogens (tertiary/aromatic N) is 1. The summed E-state index contributed by atoms with van der Waals surface area (Å²) in [5, 5.41) is 4.35. The Hall–Kier alpha value is -2.14. The van der Waals surface area contributed by atoms with Crippen molar-refractivity contribution in [1.29, 1.82) is 0 Å². The molecule has 1 aromatic carbocycles. The summed E-state index contributed by atoms with van der Waals surface area (Å²) in [7, 11) is 0. The maximum absolute atomic E-state index is 12.8. The number of nitrogens with one attached hydrogen (secondary N) is 2. The molecule has 5 rings (SSSR count). The van der Waals surface area contributed by atoms with Crippen LogP contribution < -0.4 is 10.9 Å². The molecular formula is C22H25N3OS. The molecule has 140 valence electrons. The molecule has 0 radical (unpaired) electrons. The van der Waals surface area contributed by atoms with E-state index in [1.807, 2.05) is 0 Å². The van der Waals surface area contributed by atoms with Crippen molar-refractivity contribution >= 4 is 27.2 Å². The fraction of sp³-hybridized carbons (Fsp3) is 0.455. The van der Waals surface area contributed by atoms with Gasteiger partial charge in [-0.1, -0.05) is 13.0 Å². The highest BCUT2D eigenvalue weighted by atomic mass is 32.1. The Bertz CT molecular complexity index is 1080. The molecule has 2 heterocycles. The van der Waals surface area contributed by atoms with Crippen LogP contribution in [0.5, 0.6) is 0 Å². The van der Waals surface area contributed by atoms with Crippen molar-refractivity contribution in [3.8, 4) is 0 Å². The van der Waals surface area contributed by atoms with Crippen molar-refractivity contribution in [3.63, 3.8) is 0 Å². The van der Waals surface area contributed by atoms with Crippen LogP contribution in [0, 0.1) is 5.92 Å². The molecule has 0 bridgehead atoms. The van der Waals surface area contributed by atoms with Crippen LogP contribution in [0.25, 0.3) is 10.2 Å². The molecule has 0 saturated carbocycles. The maximum Gasteiger partial charge on any atom is 0.259 e. The molecule has 0 amide bonds. The summed E-state index contributed by atoms with van der Waals surface area (Å²) in [6.07, 6.45) is 6.85. The first-order valence-corrected chi connectivity index (χ1v) is 10.8. The number of rotatable bonds is 3. The zero-order valence-electron chi connectivity index (χ0n) is 15.9. The van der Waals surface area contributed by atoms with E-state index in [0.29, 0.717) is 5.92 Å². The number of aromatic amines is 1. The van der Waals surface area contributed by atoms with Gasteiger partial charge in [0.25, 0.3) is 5.56 Å². The molecule has 2 aliphatic rings. The van der Waals surface area contributed by atoms with Crippen LogP contribution in [0.4, 0.5) is 5.69 Å². The number of thiophene rings is 1. The highest BCUT2D eigenvalue weighted by molar-refractivity contribution is 7.18. The summed E-state index contributed by atoms with van der Waals surface area (Å²) >= 11 is 1.71. The molecule has 2 aromatic heterocycles. The van der Waals surface area contributed by atoms with Gasteiger partial charge in [-0.3, -0.25) is 4.79 Å². The number of aromatic nitrogens is 2. The fourth-order valence-corrected chi connectivity index (χ4v) is 5.94. The standard InChI is InChI=1S/C22H25N3OS/c1-12-6-9-17-18(10-12)27-22-19(17)21(26)24-20(25-22)13(2)23-16-8-7-14-4-3-5-15(14)11-16/h7-8,11-13,23H,3-6,9-10H2,1-2H3,(H,24,25,26)/t12-,13+/m1/s1. The number of hydrogen-bond acceptors (Lipinski definition) is 4. The minimum Gasteiger partial charge on any atom is -0.375 e. The van der Waals surface area contributed by atoms with Gasteiger partial charge < -0.3 is 10.3 Å². The highest BCUT2D eigenvalue weighted by Gasteiger charge is 2.23. The Balaban J connectivity index is 1.47. The number of aryl methyl sites for hydroxylation is 3. The number of benzene rings is 1. The molecule has 4 nitrogen and oxygen atoms in total. The Morgan fingerprint density at radius 3 is 3.00 bits per heavy atom. The second-order valence-electron chi connectivity index (χ2n) is 8.19. The average molecular weight is 380 g/mol. The SMILES string of the molecule is C[C@@H]1CCc2c(sc3nc([C@H](C)Nc4ccc5c(c4)CCC5)[nH]c(=O)c23)C1. The van der Waals surface area contributed by atoms with Gasteiger partial charge in [-0.2, -0.15) is 0 Å². The van der Waals surface area contributed by atoms with Gasteiger partial charge in [0, 0.05) is 10.6 Å². The van der Waals surface area contributed by atoms with Crippen molar-refractivity contribution in [1.82, 2.24) is 9.97 Å². The first kappa shape index (κ1) is 17.0. The lowest BCUT2D eigenvalue weighted by molar-refractivity contribution is 0.509. The summed E-state index contributed by atoms with van der Waals surface area (Å²) < 4.78 is 0. The summed E-state index contributed by atoms with van der Waals surface area (Å²) in [6.45, 7) is 4.35. The number of anilines is 1. The minimum absolute atomic E-state index is 0.0182. The Morgan fingerprint density at radius 2 is 2.11 bits per heavy atom. The third-order valence-corrected chi connectivity index (χ3v) is 7.22. The van der Waals surface area contributed by atoms with Crippen LogP contribution in [0.15, 0.2) is 23.0 Å². The normalized spacial score (nSPS) is 19.7. The summed E-state index contributed by atoms with van der Waals surface area (Å²) in [5.74, 6) is 1.42. The predicted octanol–water partition coefficient (Wildman–Crippen LogP) is 4.77. The second-order valence-corrected chi connectivity index (χ2v) is 9.27. The van der Waals surface area contributed by atoms with Crippen LogP contribution in [0.2, 0.25) is 0 Å². The lowest BCUT2D eigenvalue weighted by Gasteiger charge is -2.17. The topological polar surface area (TPSA) is 57.8 Å². The molecule has 5 heteroatoms. The van der Waals surface area contributed by atoms with Crippen LogP contribution in [0.3, 0.4) is 0 Å². The van der Waals surface area contributed by atoms with Crippen LogP contribution in [0.1, 0.15) is 60.1 Å². The van der Waals surface area contributed by atoms with E-state index in [-0.39, 0.29) is 11.6 Å². The maximum atomic E-state index is 12.8. The van der Waals surface area contributed by atoms with E-state index in [1.165, 1.54) is 40.8 Å². The van der Waals surface area contributed by atoms with Gasteiger partial charge in [0.2, 0.25) is 0 Å². The lowest BCUT2D eigenvalue weighted by Crippen LogP contribution is -2.18. The van der Waals surface area contributed by atoms with Crippen molar-refractivity contribution in [3.05, 3.63) is 55.9 Å². The second kappa shape index (κ2) is 6.48. The fourth-order valence-electron chi connectivity index (χ4n) is 4.55. The molecule has 0 aliphatic heterocycles. The molecule has 27 heavy (non-hydrogen) atoms. The minimum atomic E-state index is -0.0420. The summed E-state index contributed by atoms with van der Waals surface area (Å²) in [5.41, 5.74) is 5.28. The summed E-state index contributed by atoms with van der Waals surface area (Å²) in [6, 6.07) is 6.58. The molecule has 0 spiro atoms. The van der Waals surface area contributed by atoms with Crippen LogP contribution >= 0.6 is 11.3 Å². The molecular weight excluding hydrogens is 354 g/mol. The van der Waals surface area contributed by atoms with Gasteiger partial charge in [0.05, 0.1) is 11.4 Å². The smallest absolute Gasteiger partial charge is 0.259 e. The zero-order chi connectivity index (χ0) is 18.5. The van der Waals surface area contributed by atoms with Crippen molar-refractivity contribution in [2.24, 2.45) is 5.92 Å². The van der Waals surface area contributed by atoms with Crippen molar-refractivity contribution in [2.45, 2.75) is 58.4 Å². The summed E-state index contributed by atoms with van der Waals surface area (Å²) in [4.78, 5) is 22.9. The monoisotopic (exact) mass is 379 g/mol. The van der Waals surface area contributed by atoms with E-state index < -0.39 is 0 Å². The van der Waals surface area contributed by atoms with Gasteiger partial charge >= 0.3 is 0 Å². The van der Waals surface area contributed by atoms with E-state index in [9.17, 15) is 4.79 Å². The van der Waals surface area contributed by atoms with E-state index >= 15 is 0 Å². The Morgan fingerprint density at radius 1 is 1.26 bits per heavy atom. The third-order valence-electron chi connectivity index (χ3n) is 6.08. The van der Waals surface area contributed by atoms with Gasteiger partial charge in [-0.05, 0) is 80.2 Å². The Labute approximate surface area is 163 Å². The zero-order valence-corrected chi connectivity index (χ0v) is 16.7. The molecule has 2 N–H and O–H groups in total. The largest absolute Gasteiger partial charge is 0.375 e. The predicted molar refractivity (Wildman–Crippen MR) is 112 cm³/mol. The van der Waals surface area contributed by atoms with Crippen LogP contribution in [-0.4, -0.2) is 9.97 Å². The van der Waals surface area contributed by atoms with Gasteiger partial charge in [0.15, 0.2) is 0 Å². The highest BCUT2D eigenvalue weighted by Crippen LogP contribution is 2.36. The molecule has 3 aromatic rings. The number of fused-ring (bicyclic) bond motifs is 4. The van der Waals surface area contributed by atoms with Gasteiger partial charge in [-0.25, -0.2) is 4.98 Å². The average Bonchev–Trinajstić information content (AvgIpc) is 3.24. The number of hydrogen-bond donors (Lipinski definition) is 2. The quantitative estimate of drug-likeness (QED) is 0.689. The van der Waals surface area contributed by atoms with E-state index in [2.05, 4.69) is 42.3 Å². The molecule has 2 atom stereocenters. The van der Waals surface area contributed by atoms with E-state index in [4.69, 9.17) is 4.98 Å². The first-order valence-electron chi connectivity index (χ1n) is 10.0. The Kier molecular flexibility index (Phi) is 4.08. The third kappa shape index (κ3) is 2.98. The molecule has 0 saturated heterocycles. The van der Waals surface area contributed by atoms with Gasteiger partial charge in [-0.15, -0.1) is 11.3 Å². The van der Waals surface area contributed by atoms with Gasteiger partial charge in [0.1, 0.15) is 10.7 Å². The van der Waals surface area contributed by atoms with Crippen molar-refractivity contribution < 1.29 is 0 Å². The first-order chi connectivity index (χ1) is 13.1. The van der Waals surface area contributed by atoms with E-state index in [1.54, 1.807) is 11.3 Å². The van der Waals surface area contributed by atoms with Crippen LogP contribution in [-0.2, 0) is 25.7 Å². The van der Waals surface area contributed by atoms with Crippen molar-refractivity contribution in [2.75, 3.05) is 5.32 Å². The van der Waals surface area contributed by atoms with E-state index in [0.717, 1.165) is 41.0 Å². The molecule has 0 unspecified atom stereocenters. The molecule has 2 aliphatic carbocycles. The number of H-pyrrole nitrogens is 1. The molecule has 0 fully saturated rings.